The summed E-state index contributed by atoms with van der Waals surface area (Å²) >= 11 is 0. The maximum absolute atomic E-state index is 13.9. The molecule has 128 valence electrons. The Morgan fingerprint density at radius 3 is 2.64 bits per heavy atom. The quantitative estimate of drug-likeness (QED) is 0.813. The third-order valence-electron chi connectivity index (χ3n) is 4.12. The van der Waals surface area contributed by atoms with E-state index < -0.39 is 30.7 Å². The van der Waals surface area contributed by atoms with Gasteiger partial charge in [-0.05, 0) is 46.6 Å². The van der Waals surface area contributed by atoms with Gasteiger partial charge in [0.1, 0.15) is 5.60 Å². The first-order chi connectivity index (χ1) is 10.2. The van der Waals surface area contributed by atoms with Crippen LogP contribution in [0.25, 0.3) is 0 Å². The van der Waals surface area contributed by atoms with E-state index in [4.69, 9.17) is 4.74 Å². The molecule has 0 radical (unpaired) electrons. The maximum atomic E-state index is 13.9. The highest BCUT2D eigenvalue weighted by molar-refractivity contribution is 5.67. The number of nitrogens with one attached hydrogen (secondary N) is 2. The van der Waals surface area contributed by atoms with E-state index in [2.05, 4.69) is 15.5 Å². The molecule has 22 heavy (non-hydrogen) atoms. The lowest BCUT2D eigenvalue weighted by Crippen LogP contribution is -2.49. The van der Waals surface area contributed by atoms with Crippen LogP contribution in [0.1, 0.15) is 40.0 Å². The Morgan fingerprint density at radius 1 is 1.23 bits per heavy atom. The first-order valence-electron chi connectivity index (χ1n) is 7.98. The molecule has 0 aliphatic carbocycles. The molecular weight excluding hydrogens is 292 g/mol. The SMILES string of the molecule is CC(C)(C)OC(=O)NCC(F)(F)CNC1CCN2CCCC12. The molecule has 0 aromatic heterocycles. The molecule has 2 fully saturated rings. The number of ether oxygens (including phenoxy) is 1. The molecule has 2 N–H and O–H groups in total. The van der Waals surface area contributed by atoms with Gasteiger partial charge in [-0.15, -0.1) is 0 Å². The zero-order chi connectivity index (χ0) is 16.4. The highest BCUT2D eigenvalue weighted by Gasteiger charge is 2.39. The van der Waals surface area contributed by atoms with E-state index in [0.717, 1.165) is 32.4 Å². The smallest absolute Gasteiger partial charge is 0.407 e. The number of hydrogen-bond acceptors (Lipinski definition) is 4. The molecule has 2 aliphatic rings. The maximum Gasteiger partial charge on any atom is 0.407 e. The average molecular weight is 319 g/mol. The fourth-order valence-electron chi connectivity index (χ4n) is 3.18. The number of hydrogen-bond donors (Lipinski definition) is 2. The normalized spacial score (nSPS) is 26.0. The van der Waals surface area contributed by atoms with E-state index in [1.54, 1.807) is 20.8 Å². The van der Waals surface area contributed by atoms with Crippen LogP contribution in [0, 0.1) is 0 Å². The van der Waals surface area contributed by atoms with E-state index in [-0.39, 0.29) is 6.04 Å². The molecule has 2 unspecified atom stereocenters. The second kappa shape index (κ2) is 6.66. The number of amides is 1. The van der Waals surface area contributed by atoms with Crippen molar-refractivity contribution in [3.8, 4) is 0 Å². The molecule has 2 aliphatic heterocycles. The Kier molecular flexibility index (Phi) is 5.27. The van der Waals surface area contributed by atoms with E-state index in [0.29, 0.717) is 6.04 Å². The lowest BCUT2D eigenvalue weighted by molar-refractivity contribution is -0.00612. The fourth-order valence-corrected chi connectivity index (χ4v) is 3.18. The van der Waals surface area contributed by atoms with E-state index >= 15 is 0 Å². The Balaban J connectivity index is 1.71. The predicted octanol–water partition coefficient (Wildman–Crippen LogP) is 1.97. The summed E-state index contributed by atoms with van der Waals surface area (Å²) in [5, 5.41) is 5.12. The van der Waals surface area contributed by atoms with Gasteiger partial charge >= 0.3 is 6.09 Å². The van der Waals surface area contributed by atoms with Crippen molar-refractivity contribution in [1.82, 2.24) is 15.5 Å². The molecule has 2 saturated heterocycles. The summed E-state index contributed by atoms with van der Waals surface area (Å²) in [6.45, 7) is 6.02. The summed E-state index contributed by atoms with van der Waals surface area (Å²) < 4.78 is 32.7. The second-order valence-electron chi connectivity index (χ2n) is 7.23. The molecule has 0 saturated carbocycles. The summed E-state index contributed by atoms with van der Waals surface area (Å²) in [5.41, 5.74) is -0.687. The van der Waals surface area contributed by atoms with Crippen LogP contribution < -0.4 is 10.6 Å². The summed E-state index contributed by atoms with van der Waals surface area (Å²) in [7, 11) is 0. The topological polar surface area (TPSA) is 53.6 Å². The van der Waals surface area contributed by atoms with Crippen molar-refractivity contribution in [2.75, 3.05) is 26.2 Å². The minimum Gasteiger partial charge on any atom is -0.444 e. The van der Waals surface area contributed by atoms with Crippen LogP contribution in [0.4, 0.5) is 13.6 Å². The van der Waals surface area contributed by atoms with Crippen molar-refractivity contribution in [3.63, 3.8) is 0 Å². The number of nitrogens with zero attached hydrogens (tertiary/aromatic N) is 1. The molecule has 0 spiro atoms. The van der Waals surface area contributed by atoms with Crippen molar-refractivity contribution in [2.24, 2.45) is 0 Å². The molecule has 2 heterocycles. The Hall–Kier alpha value is -0.950. The van der Waals surface area contributed by atoms with Crippen molar-refractivity contribution < 1.29 is 18.3 Å². The standard InChI is InChI=1S/C15H27F2N3O2/c1-14(2,3)22-13(21)19-10-15(16,17)9-18-11-6-8-20-7-4-5-12(11)20/h11-12,18H,4-10H2,1-3H3,(H,19,21). The number of alkyl halides is 2. The number of alkyl carbamates (subject to hydrolysis) is 1. The van der Waals surface area contributed by atoms with Gasteiger partial charge in [-0.3, -0.25) is 4.90 Å². The molecule has 2 rings (SSSR count). The van der Waals surface area contributed by atoms with Crippen LogP contribution in [0.5, 0.6) is 0 Å². The second-order valence-corrected chi connectivity index (χ2v) is 7.23. The van der Waals surface area contributed by atoms with Gasteiger partial charge in [-0.2, -0.15) is 0 Å². The zero-order valence-corrected chi connectivity index (χ0v) is 13.6. The molecule has 0 aromatic carbocycles. The van der Waals surface area contributed by atoms with Crippen LogP contribution in [0.3, 0.4) is 0 Å². The monoisotopic (exact) mass is 319 g/mol. The van der Waals surface area contributed by atoms with Crippen LogP contribution in [0.15, 0.2) is 0 Å². The summed E-state index contributed by atoms with van der Waals surface area (Å²) in [6, 6.07) is 0.532. The molecule has 7 heteroatoms. The van der Waals surface area contributed by atoms with Gasteiger partial charge in [0.15, 0.2) is 0 Å². The van der Waals surface area contributed by atoms with E-state index in [1.807, 2.05) is 0 Å². The first kappa shape index (κ1) is 17.4. The molecule has 1 amide bonds. The number of carbonyl (C=O) groups is 1. The van der Waals surface area contributed by atoms with Gasteiger partial charge in [-0.1, -0.05) is 0 Å². The van der Waals surface area contributed by atoms with Gasteiger partial charge in [0.05, 0.1) is 13.1 Å². The molecule has 0 bridgehead atoms. The van der Waals surface area contributed by atoms with Gasteiger partial charge in [-0.25, -0.2) is 13.6 Å². The highest BCUT2D eigenvalue weighted by atomic mass is 19.3. The fraction of sp³-hybridized carbons (Fsp3) is 0.933. The Bertz CT molecular complexity index is 399. The van der Waals surface area contributed by atoms with Crippen molar-refractivity contribution in [1.29, 1.82) is 0 Å². The first-order valence-corrected chi connectivity index (χ1v) is 7.98. The third kappa shape index (κ3) is 5.05. The summed E-state index contributed by atoms with van der Waals surface area (Å²) in [6.07, 6.45) is 2.34. The number of fused-ring (bicyclic) bond motifs is 1. The average Bonchev–Trinajstić information content (AvgIpc) is 2.95. The van der Waals surface area contributed by atoms with Gasteiger partial charge in [0.2, 0.25) is 0 Å². The minimum atomic E-state index is -2.98. The predicted molar refractivity (Wildman–Crippen MR) is 80.2 cm³/mol. The molecular formula is C15H27F2N3O2. The van der Waals surface area contributed by atoms with Crippen LogP contribution >= 0.6 is 0 Å². The molecule has 2 atom stereocenters. The number of carbonyl (C=O) groups excluding carboxylic acids is 1. The van der Waals surface area contributed by atoms with E-state index in [9.17, 15) is 13.6 Å². The lowest BCUT2D eigenvalue weighted by Gasteiger charge is -2.25. The third-order valence-corrected chi connectivity index (χ3v) is 4.12. The van der Waals surface area contributed by atoms with Gasteiger partial charge in [0.25, 0.3) is 5.92 Å². The number of rotatable bonds is 5. The van der Waals surface area contributed by atoms with Crippen LogP contribution in [-0.2, 0) is 4.74 Å². The largest absolute Gasteiger partial charge is 0.444 e. The molecule has 0 aromatic rings. The minimum absolute atomic E-state index is 0.134. The van der Waals surface area contributed by atoms with Gasteiger partial charge < -0.3 is 15.4 Å². The van der Waals surface area contributed by atoms with E-state index in [1.165, 1.54) is 0 Å². The van der Waals surface area contributed by atoms with Gasteiger partial charge in [0, 0.05) is 18.6 Å². The lowest BCUT2D eigenvalue weighted by atomic mass is 10.1. The van der Waals surface area contributed by atoms with Crippen LogP contribution in [0.2, 0.25) is 0 Å². The van der Waals surface area contributed by atoms with Crippen LogP contribution in [-0.4, -0.2) is 60.8 Å². The van der Waals surface area contributed by atoms with Crippen molar-refractivity contribution in [2.45, 2.75) is 63.6 Å². The summed E-state index contributed by atoms with van der Waals surface area (Å²) in [4.78, 5) is 13.8. The Morgan fingerprint density at radius 2 is 1.95 bits per heavy atom. The Labute approximate surface area is 130 Å². The molecule has 5 nitrogen and oxygen atoms in total. The zero-order valence-electron chi connectivity index (χ0n) is 13.6. The highest BCUT2D eigenvalue weighted by Crippen LogP contribution is 2.28. The number of halogens is 2. The van der Waals surface area contributed by atoms with Crippen molar-refractivity contribution in [3.05, 3.63) is 0 Å². The summed E-state index contributed by atoms with van der Waals surface area (Å²) in [5.74, 6) is -2.98. The van der Waals surface area contributed by atoms with Crippen molar-refractivity contribution >= 4 is 6.09 Å².